The second-order valence-corrected chi connectivity index (χ2v) is 9.28. The smallest absolute Gasteiger partial charge is 0.343 e. The molecular formula is C25H18ClNO4S2. The zero-order chi connectivity index (χ0) is 23.5. The second-order valence-electron chi connectivity index (χ2n) is 7.16. The number of ether oxygens (including phenoxy) is 2. The normalized spacial score (nSPS) is 14.6. The third-order valence-corrected chi connectivity index (χ3v) is 6.37. The van der Waals surface area contributed by atoms with Crippen molar-refractivity contribution in [1.29, 1.82) is 0 Å². The second kappa shape index (κ2) is 9.79. The molecule has 0 bridgehead atoms. The number of thioether (sulfide) groups is 1. The summed E-state index contributed by atoms with van der Waals surface area (Å²) in [6, 6.07) is 19.1. The minimum Gasteiger partial charge on any atom is -0.493 e. The van der Waals surface area contributed by atoms with Crippen molar-refractivity contribution in [2.24, 2.45) is 0 Å². The van der Waals surface area contributed by atoms with Crippen LogP contribution in [0.4, 0.5) is 5.69 Å². The molecule has 1 fully saturated rings. The van der Waals surface area contributed by atoms with E-state index >= 15 is 0 Å². The van der Waals surface area contributed by atoms with Crippen LogP contribution < -0.4 is 14.4 Å². The van der Waals surface area contributed by atoms with Gasteiger partial charge in [-0.05, 0) is 67.1 Å². The lowest BCUT2D eigenvalue weighted by Crippen LogP contribution is -2.27. The molecular weight excluding hydrogens is 478 g/mol. The highest BCUT2D eigenvalue weighted by Crippen LogP contribution is 2.37. The first-order valence-electron chi connectivity index (χ1n) is 9.86. The average molecular weight is 496 g/mol. The SMILES string of the molecule is COc1cc(/C=C2/SC(=S)N(c3ccc(Cl)cc3)C2=O)ccc1OC(=O)c1cccc(C)c1. The molecule has 3 aromatic carbocycles. The predicted octanol–water partition coefficient (Wildman–Crippen LogP) is 6.28. The van der Waals surface area contributed by atoms with Crippen LogP contribution in [-0.4, -0.2) is 23.3 Å². The lowest BCUT2D eigenvalue weighted by Gasteiger charge is -2.14. The number of amides is 1. The number of hydrogen-bond donors (Lipinski definition) is 0. The monoisotopic (exact) mass is 495 g/mol. The molecule has 0 atom stereocenters. The molecule has 0 spiro atoms. The van der Waals surface area contributed by atoms with Crippen molar-refractivity contribution in [2.45, 2.75) is 6.92 Å². The maximum absolute atomic E-state index is 13.0. The van der Waals surface area contributed by atoms with Crippen molar-refractivity contribution in [1.82, 2.24) is 0 Å². The van der Waals surface area contributed by atoms with Gasteiger partial charge in [0.05, 0.1) is 23.3 Å². The molecule has 1 heterocycles. The van der Waals surface area contributed by atoms with Crippen LogP contribution in [0.3, 0.4) is 0 Å². The number of methoxy groups -OCH3 is 1. The van der Waals surface area contributed by atoms with E-state index in [2.05, 4.69) is 0 Å². The number of anilines is 1. The molecule has 0 aromatic heterocycles. The van der Waals surface area contributed by atoms with Gasteiger partial charge in [0.15, 0.2) is 15.8 Å². The van der Waals surface area contributed by atoms with Crippen LogP contribution in [0, 0.1) is 6.92 Å². The molecule has 166 valence electrons. The molecule has 0 N–H and O–H groups in total. The Morgan fingerprint density at radius 1 is 1.06 bits per heavy atom. The molecule has 0 radical (unpaired) electrons. The molecule has 0 aliphatic carbocycles. The molecule has 0 unspecified atom stereocenters. The van der Waals surface area contributed by atoms with Crippen LogP contribution in [-0.2, 0) is 4.79 Å². The number of esters is 1. The number of aryl methyl sites for hydroxylation is 1. The number of nitrogens with zero attached hydrogens (tertiary/aromatic N) is 1. The summed E-state index contributed by atoms with van der Waals surface area (Å²) in [4.78, 5) is 27.4. The van der Waals surface area contributed by atoms with Crippen LogP contribution in [0.5, 0.6) is 11.5 Å². The lowest BCUT2D eigenvalue weighted by molar-refractivity contribution is -0.113. The van der Waals surface area contributed by atoms with Crippen molar-refractivity contribution in [3.63, 3.8) is 0 Å². The summed E-state index contributed by atoms with van der Waals surface area (Å²) in [6.45, 7) is 1.90. The molecule has 33 heavy (non-hydrogen) atoms. The first-order chi connectivity index (χ1) is 15.9. The van der Waals surface area contributed by atoms with Crippen LogP contribution in [0.2, 0.25) is 5.02 Å². The number of benzene rings is 3. The van der Waals surface area contributed by atoms with Gasteiger partial charge in [-0.25, -0.2) is 4.79 Å². The topological polar surface area (TPSA) is 55.8 Å². The third kappa shape index (κ3) is 5.11. The molecule has 1 aliphatic heterocycles. The van der Waals surface area contributed by atoms with Crippen molar-refractivity contribution in [3.05, 3.63) is 93.3 Å². The van der Waals surface area contributed by atoms with E-state index in [1.807, 2.05) is 13.0 Å². The van der Waals surface area contributed by atoms with E-state index in [9.17, 15) is 9.59 Å². The van der Waals surface area contributed by atoms with Gasteiger partial charge in [0, 0.05) is 5.02 Å². The number of carbonyl (C=O) groups is 2. The fourth-order valence-electron chi connectivity index (χ4n) is 3.22. The molecule has 8 heteroatoms. The Morgan fingerprint density at radius 2 is 1.82 bits per heavy atom. The molecule has 1 amide bonds. The van der Waals surface area contributed by atoms with Crippen molar-refractivity contribution >= 4 is 63.5 Å². The Labute approximate surface area is 205 Å². The molecule has 3 aromatic rings. The number of carbonyl (C=O) groups excluding carboxylic acids is 2. The van der Waals surface area contributed by atoms with E-state index in [-0.39, 0.29) is 11.7 Å². The van der Waals surface area contributed by atoms with E-state index in [1.165, 1.54) is 23.8 Å². The van der Waals surface area contributed by atoms with E-state index in [4.69, 9.17) is 33.3 Å². The van der Waals surface area contributed by atoms with E-state index in [0.717, 1.165) is 5.56 Å². The summed E-state index contributed by atoms with van der Waals surface area (Å²) in [5.41, 5.74) is 2.77. The number of rotatable bonds is 5. The van der Waals surface area contributed by atoms with Gasteiger partial charge in [0.2, 0.25) is 0 Å². The van der Waals surface area contributed by atoms with Gasteiger partial charge in [-0.15, -0.1) is 0 Å². The predicted molar refractivity (Wildman–Crippen MR) is 136 cm³/mol. The van der Waals surface area contributed by atoms with Crippen LogP contribution in [0.15, 0.2) is 71.6 Å². The highest BCUT2D eigenvalue weighted by Gasteiger charge is 2.33. The molecule has 5 nitrogen and oxygen atoms in total. The average Bonchev–Trinajstić information content (AvgIpc) is 3.08. The van der Waals surface area contributed by atoms with Gasteiger partial charge in [-0.1, -0.05) is 59.3 Å². The van der Waals surface area contributed by atoms with Crippen molar-refractivity contribution in [2.75, 3.05) is 12.0 Å². The minimum absolute atomic E-state index is 0.221. The lowest BCUT2D eigenvalue weighted by atomic mass is 10.1. The van der Waals surface area contributed by atoms with Gasteiger partial charge in [-0.2, -0.15) is 0 Å². The summed E-state index contributed by atoms with van der Waals surface area (Å²) in [6.07, 6.45) is 1.73. The Kier molecular flexibility index (Phi) is 6.83. The third-order valence-electron chi connectivity index (χ3n) is 4.82. The number of halogens is 1. The molecule has 0 saturated carbocycles. The first kappa shape index (κ1) is 23.0. The number of hydrogen-bond acceptors (Lipinski definition) is 6. The van der Waals surface area contributed by atoms with Gasteiger partial charge >= 0.3 is 5.97 Å². The van der Waals surface area contributed by atoms with E-state index in [0.29, 0.717) is 36.8 Å². The molecule has 1 aliphatic rings. The standard InChI is InChI=1S/C25H18ClNO4S2/c1-15-4-3-5-17(12-15)24(29)31-20-11-6-16(13-21(20)30-2)14-22-23(28)27(25(32)33-22)19-9-7-18(26)8-10-19/h3-14H,1-2H3/b22-14+. The summed E-state index contributed by atoms with van der Waals surface area (Å²) in [5.74, 6) is -0.0392. The quantitative estimate of drug-likeness (QED) is 0.180. The summed E-state index contributed by atoms with van der Waals surface area (Å²) >= 11 is 12.6. The minimum atomic E-state index is -0.478. The molecule has 4 rings (SSSR count). The van der Waals surface area contributed by atoms with E-state index < -0.39 is 5.97 Å². The van der Waals surface area contributed by atoms with Crippen molar-refractivity contribution < 1.29 is 19.1 Å². The van der Waals surface area contributed by atoms with Crippen molar-refractivity contribution in [3.8, 4) is 11.5 Å². The van der Waals surface area contributed by atoms with Gasteiger partial charge < -0.3 is 9.47 Å². The Balaban J connectivity index is 1.56. The van der Waals surface area contributed by atoms with Gasteiger partial charge in [0.25, 0.3) is 5.91 Å². The Bertz CT molecular complexity index is 1290. The summed E-state index contributed by atoms with van der Waals surface area (Å²) in [5, 5.41) is 0.579. The van der Waals surface area contributed by atoms with Crippen LogP contribution >= 0.6 is 35.6 Å². The van der Waals surface area contributed by atoms with Gasteiger partial charge in [0.1, 0.15) is 0 Å². The zero-order valence-corrected chi connectivity index (χ0v) is 20.1. The fraction of sp³-hybridized carbons (Fsp3) is 0.0800. The maximum Gasteiger partial charge on any atom is 0.343 e. The van der Waals surface area contributed by atoms with E-state index in [1.54, 1.807) is 66.7 Å². The fourth-order valence-corrected chi connectivity index (χ4v) is 4.65. The Hall–Kier alpha value is -3.13. The Morgan fingerprint density at radius 3 is 2.52 bits per heavy atom. The van der Waals surface area contributed by atoms with Crippen LogP contribution in [0.25, 0.3) is 6.08 Å². The molecule has 1 saturated heterocycles. The largest absolute Gasteiger partial charge is 0.493 e. The number of thiocarbonyl (C=S) groups is 1. The maximum atomic E-state index is 13.0. The van der Waals surface area contributed by atoms with Crippen LogP contribution in [0.1, 0.15) is 21.5 Å². The highest BCUT2D eigenvalue weighted by atomic mass is 35.5. The zero-order valence-electron chi connectivity index (χ0n) is 17.7. The first-order valence-corrected chi connectivity index (χ1v) is 11.5. The summed E-state index contributed by atoms with van der Waals surface area (Å²) < 4.78 is 11.4. The summed E-state index contributed by atoms with van der Waals surface area (Å²) in [7, 11) is 1.49. The highest BCUT2D eigenvalue weighted by molar-refractivity contribution is 8.27. The van der Waals surface area contributed by atoms with Gasteiger partial charge in [-0.3, -0.25) is 9.69 Å².